The number of rotatable bonds is 9. The number of ether oxygens (including phenoxy) is 1. The molecule has 0 saturated heterocycles. The van der Waals surface area contributed by atoms with Crippen molar-refractivity contribution in [1.82, 2.24) is 14.9 Å². The van der Waals surface area contributed by atoms with Crippen molar-refractivity contribution in [1.29, 1.82) is 5.26 Å². The van der Waals surface area contributed by atoms with Gasteiger partial charge in [-0.15, -0.1) is 0 Å². The van der Waals surface area contributed by atoms with Crippen molar-refractivity contribution in [3.63, 3.8) is 0 Å². The molecule has 0 bridgehead atoms. The monoisotopic (exact) mass is 554 g/mol. The molecule has 2 aromatic rings. The van der Waals surface area contributed by atoms with Crippen LogP contribution in [0.15, 0.2) is 18.2 Å². The SMILES string of the molecule is CCc1nc(C(=O)NC[C@H]2CC[C@@H](S(C)(=O)=O)CC2)c(C#N)n1-c1ccc(CC(C)C(F)(F)F)cc1OC. The van der Waals surface area contributed by atoms with Crippen LogP contribution in [-0.4, -0.2) is 55.2 Å². The van der Waals surface area contributed by atoms with E-state index in [4.69, 9.17) is 4.74 Å². The second-order valence-corrected chi connectivity index (χ2v) is 12.2. The maximum absolute atomic E-state index is 13.1. The minimum absolute atomic E-state index is 0.00477. The summed E-state index contributed by atoms with van der Waals surface area (Å²) in [6.45, 7) is 3.26. The summed E-state index contributed by atoms with van der Waals surface area (Å²) in [5.41, 5.74) is 0.770. The lowest BCUT2D eigenvalue weighted by molar-refractivity contribution is -0.169. The standard InChI is InChI=1S/C26H33F3N4O4S/c1-5-23-32-24(25(34)31-15-17-6-9-19(10-7-17)38(4,35)36)21(14-30)33(23)20-11-8-18(13-22(20)37-3)12-16(2)26(27,28)29/h8,11,13,16-17,19H,5-7,9-10,12,15H2,1-4H3,(H,31,34)/t16?,17-,19+. The van der Waals surface area contributed by atoms with Crippen LogP contribution in [0.1, 0.15) is 67.1 Å². The highest BCUT2D eigenvalue weighted by Gasteiger charge is 2.36. The molecule has 0 aliphatic heterocycles. The Bertz CT molecular complexity index is 1310. The fraction of sp³-hybridized carbons (Fsp3) is 0.577. The van der Waals surface area contributed by atoms with Gasteiger partial charge in [0.25, 0.3) is 5.91 Å². The lowest BCUT2D eigenvalue weighted by Gasteiger charge is -2.27. The number of alkyl halides is 3. The third kappa shape index (κ3) is 6.67. The lowest BCUT2D eigenvalue weighted by Crippen LogP contribution is -2.34. The van der Waals surface area contributed by atoms with Crippen LogP contribution in [0.25, 0.3) is 5.69 Å². The number of aromatic nitrogens is 2. The average Bonchev–Trinajstić information content (AvgIpc) is 3.25. The van der Waals surface area contributed by atoms with Crippen molar-refractivity contribution < 1.29 is 31.1 Å². The van der Waals surface area contributed by atoms with E-state index in [-0.39, 0.29) is 34.7 Å². The number of carbonyl (C=O) groups is 1. The Morgan fingerprint density at radius 1 is 1.29 bits per heavy atom. The third-order valence-corrected chi connectivity index (χ3v) is 8.80. The number of sulfone groups is 1. The summed E-state index contributed by atoms with van der Waals surface area (Å²) >= 11 is 0. The molecule has 1 unspecified atom stereocenters. The molecule has 0 spiro atoms. The summed E-state index contributed by atoms with van der Waals surface area (Å²) in [5.74, 6) is -1.24. The molecule has 1 amide bonds. The van der Waals surface area contributed by atoms with Crippen molar-refractivity contribution in [2.24, 2.45) is 11.8 Å². The van der Waals surface area contributed by atoms with Gasteiger partial charge in [0, 0.05) is 19.2 Å². The Balaban J connectivity index is 1.83. The summed E-state index contributed by atoms with van der Waals surface area (Å²) in [4.78, 5) is 17.5. The molecule has 1 saturated carbocycles. The number of hydrogen-bond donors (Lipinski definition) is 1. The Kier molecular flexibility index (Phi) is 9.13. The molecule has 1 heterocycles. The van der Waals surface area contributed by atoms with Crippen molar-refractivity contribution >= 4 is 15.7 Å². The third-order valence-electron chi connectivity index (χ3n) is 7.12. The summed E-state index contributed by atoms with van der Waals surface area (Å²) < 4.78 is 69.6. The number of aryl methyl sites for hydroxylation is 1. The van der Waals surface area contributed by atoms with Crippen LogP contribution in [0.2, 0.25) is 0 Å². The molecule has 208 valence electrons. The zero-order valence-corrected chi connectivity index (χ0v) is 22.7. The van der Waals surface area contributed by atoms with Crippen LogP contribution in [-0.2, 0) is 22.7 Å². The molecule has 0 radical (unpaired) electrons. The van der Waals surface area contributed by atoms with E-state index in [1.54, 1.807) is 12.1 Å². The quantitative estimate of drug-likeness (QED) is 0.492. The summed E-state index contributed by atoms with van der Waals surface area (Å²) in [6.07, 6.45) is -0.471. The molecule has 1 aliphatic rings. The zero-order chi connectivity index (χ0) is 28.3. The smallest absolute Gasteiger partial charge is 0.391 e. The number of halogens is 3. The first-order chi connectivity index (χ1) is 17.8. The first-order valence-electron chi connectivity index (χ1n) is 12.5. The lowest BCUT2D eigenvalue weighted by atomic mass is 9.89. The molecule has 1 aromatic carbocycles. The van der Waals surface area contributed by atoms with Crippen LogP contribution in [0.5, 0.6) is 5.75 Å². The van der Waals surface area contributed by atoms with Crippen LogP contribution in [0, 0.1) is 23.2 Å². The normalized spacial score (nSPS) is 19.0. The molecule has 8 nitrogen and oxygen atoms in total. The van der Waals surface area contributed by atoms with Gasteiger partial charge in [-0.25, -0.2) is 13.4 Å². The Morgan fingerprint density at radius 2 is 1.95 bits per heavy atom. The van der Waals surface area contributed by atoms with Gasteiger partial charge in [-0.3, -0.25) is 9.36 Å². The van der Waals surface area contributed by atoms with Crippen molar-refractivity contribution in [3.05, 3.63) is 41.0 Å². The van der Waals surface area contributed by atoms with Gasteiger partial charge < -0.3 is 10.1 Å². The van der Waals surface area contributed by atoms with Crippen LogP contribution in [0.4, 0.5) is 13.2 Å². The average molecular weight is 555 g/mol. The number of imidazole rings is 1. The Labute approximate surface area is 221 Å². The highest BCUT2D eigenvalue weighted by molar-refractivity contribution is 7.91. The van der Waals surface area contributed by atoms with Gasteiger partial charge in [0.2, 0.25) is 0 Å². The molecule has 1 aliphatic carbocycles. The fourth-order valence-electron chi connectivity index (χ4n) is 4.81. The van der Waals surface area contributed by atoms with E-state index in [2.05, 4.69) is 10.3 Å². The van der Waals surface area contributed by atoms with Crippen molar-refractivity contribution in [2.75, 3.05) is 19.9 Å². The van der Waals surface area contributed by atoms with E-state index in [9.17, 15) is 31.6 Å². The van der Waals surface area contributed by atoms with Gasteiger partial charge in [-0.1, -0.05) is 19.9 Å². The minimum atomic E-state index is -4.32. The summed E-state index contributed by atoms with van der Waals surface area (Å²) in [5, 5.41) is 12.4. The largest absolute Gasteiger partial charge is 0.495 e. The molecular weight excluding hydrogens is 521 g/mol. The molecular formula is C26H33F3N4O4S. The molecule has 38 heavy (non-hydrogen) atoms. The van der Waals surface area contributed by atoms with Gasteiger partial charge in [-0.2, -0.15) is 18.4 Å². The van der Waals surface area contributed by atoms with Gasteiger partial charge in [-0.05, 0) is 55.7 Å². The molecule has 1 atom stereocenters. The molecule has 12 heteroatoms. The molecule has 1 fully saturated rings. The molecule has 3 rings (SSSR count). The first kappa shape index (κ1) is 29.5. The van der Waals surface area contributed by atoms with Crippen LogP contribution >= 0.6 is 0 Å². The number of nitrogens with zero attached hydrogens (tertiary/aromatic N) is 3. The van der Waals surface area contributed by atoms with E-state index in [1.807, 2.05) is 13.0 Å². The number of benzene rings is 1. The van der Waals surface area contributed by atoms with E-state index in [0.29, 0.717) is 55.7 Å². The van der Waals surface area contributed by atoms with E-state index in [1.165, 1.54) is 24.0 Å². The number of hydrogen-bond acceptors (Lipinski definition) is 6. The van der Waals surface area contributed by atoms with Gasteiger partial charge in [0.05, 0.1) is 24.0 Å². The van der Waals surface area contributed by atoms with E-state index >= 15 is 0 Å². The van der Waals surface area contributed by atoms with Crippen molar-refractivity contribution in [3.8, 4) is 17.5 Å². The molecule has 1 aromatic heterocycles. The zero-order valence-electron chi connectivity index (χ0n) is 21.9. The van der Waals surface area contributed by atoms with Gasteiger partial charge in [0.15, 0.2) is 11.4 Å². The highest BCUT2D eigenvalue weighted by atomic mass is 32.2. The Morgan fingerprint density at radius 3 is 2.47 bits per heavy atom. The van der Waals surface area contributed by atoms with Gasteiger partial charge in [0.1, 0.15) is 27.5 Å². The van der Waals surface area contributed by atoms with Crippen LogP contribution < -0.4 is 10.1 Å². The van der Waals surface area contributed by atoms with Gasteiger partial charge >= 0.3 is 6.18 Å². The number of methoxy groups -OCH3 is 1. The Hall–Kier alpha value is -3.07. The second-order valence-electron chi connectivity index (χ2n) is 9.86. The van der Waals surface area contributed by atoms with E-state index in [0.717, 1.165) is 6.92 Å². The summed E-state index contributed by atoms with van der Waals surface area (Å²) in [6, 6.07) is 6.67. The van der Waals surface area contributed by atoms with Crippen LogP contribution in [0.3, 0.4) is 0 Å². The van der Waals surface area contributed by atoms with E-state index < -0.39 is 27.8 Å². The number of nitriles is 1. The van der Waals surface area contributed by atoms with Crippen molar-refractivity contribution in [2.45, 2.75) is 63.8 Å². The second kappa shape index (κ2) is 11.8. The number of amides is 1. The predicted octanol–water partition coefficient (Wildman–Crippen LogP) is 4.39. The fourth-order valence-corrected chi connectivity index (χ4v) is 5.94. The number of nitrogens with one attached hydrogen (secondary N) is 1. The highest BCUT2D eigenvalue weighted by Crippen LogP contribution is 2.33. The maximum atomic E-state index is 13.1. The minimum Gasteiger partial charge on any atom is -0.495 e. The first-order valence-corrected chi connectivity index (χ1v) is 14.5. The maximum Gasteiger partial charge on any atom is 0.391 e. The summed E-state index contributed by atoms with van der Waals surface area (Å²) in [7, 11) is -1.70. The molecule has 1 N–H and O–H groups in total. The number of carbonyl (C=O) groups excluding carboxylic acids is 1. The topological polar surface area (TPSA) is 114 Å². The predicted molar refractivity (Wildman–Crippen MR) is 136 cm³/mol.